The molecule has 1 aromatic heterocycles. The zero-order chi connectivity index (χ0) is 20.1. The molecular weight excluding hydrogens is 366 g/mol. The number of hydrogen-bond acceptors (Lipinski definition) is 3. The third-order valence-electron chi connectivity index (χ3n) is 3.97. The van der Waals surface area contributed by atoms with E-state index in [4.69, 9.17) is 0 Å². The van der Waals surface area contributed by atoms with Gasteiger partial charge in [-0.15, -0.1) is 0 Å². The average Bonchev–Trinajstić information content (AvgIpc) is 3.15. The maximum atomic E-state index is 13.2. The molecule has 144 valence electrons. The smallest absolute Gasteiger partial charge is 0.275 e. The zero-order valence-corrected chi connectivity index (χ0v) is 15.1. The first-order valence-corrected chi connectivity index (χ1v) is 8.61. The van der Waals surface area contributed by atoms with Crippen molar-refractivity contribution in [3.05, 3.63) is 77.9 Å². The summed E-state index contributed by atoms with van der Waals surface area (Å²) in [6.07, 6.45) is 3.47. The number of rotatable bonds is 6. The molecule has 0 saturated heterocycles. The van der Waals surface area contributed by atoms with E-state index < -0.39 is 17.5 Å². The minimum absolute atomic E-state index is 0.0564. The summed E-state index contributed by atoms with van der Waals surface area (Å²) in [5.74, 6) is -2.61. The zero-order valence-electron chi connectivity index (χ0n) is 15.1. The van der Waals surface area contributed by atoms with Crippen LogP contribution in [0.15, 0.2) is 55.0 Å². The highest BCUT2D eigenvalue weighted by Crippen LogP contribution is 2.15. The van der Waals surface area contributed by atoms with Crippen LogP contribution in [0.4, 0.5) is 20.2 Å². The molecule has 2 N–H and O–H groups in total. The topological polar surface area (TPSA) is 76.0 Å². The Morgan fingerprint density at radius 3 is 2.39 bits per heavy atom. The van der Waals surface area contributed by atoms with Gasteiger partial charge in [-0.1, -0.05) is 19.1 Å². The second kappa shape index (κ2) is 8.43. The fourth-order valence-electron chi connectivity index (χ4n) is 2.49. The standard InChI is InChI=1S/C20H18F2N4O2/c1-2-19(27)24-14-5-3-13(4-6-14)10-26-11-18(23-12-26)20(28)25-15-7-8-16(21)17(22)9-15/h3-9,11-12H,2,10H2,1H3,(H,24,27)(H,25,28). The van der Waals surface area contributed by atoms with Crippen LogP contribution < -0.4 is 10.6 Å². The largest absolute Gasteiger partial charge is 0.332 e. The van der Waals surface area contributed by atoms with Gasteiger partial charge in [0.25, 0.3) is 5.91 Å². The number of nitrogens with zero attached hydrogens (tertiary/aromatic N) is 2. The van der Waals surface area contributed by atoms with Crippen LogP contribution in [0.25, 0.3) is 0 Å². The number of imidazole rings is 1. The summed E-state index contributed by atoms with van der Waals surface area (Å²) >= 11 is 0. The van der Waals surface area contributed by atoms with E-state index in [1.54, 1.807) is 29.8 Å². The van der Waals surface area contributed by atoms with Gasteiger partial charge in [-0.25, -0.2) is 13.8 Å². The van der Waals surface area contributed by atoms with Crippen molar-refractivity contribution in [2.24, 2.45) is 0 Å². The molecule has 0 aliphatic rings. The van der Waals surface area contributed by atoms with Crippen LogP contribution in [0.3, 0.4) is 0 Å². The first-order chi connectivity index (χ1) is 13.4. The molecular formula is C20H18F2N4O2. The van der Waals surface area contributed by atoms with Crippen molar-refractivity contribution in [2.75, 3.05) is 10.6 Å². The molecule has 0 radical (unpaired) electrons. The van der Waals surface area contributed by atoms with Crippen molar-refractivity contribution in [3.8, 4) is 0 Å². The minimum Gasteiger partial charge on any atom is -0.332 e. The van der Waals surface area contributed by atoms with Crippen LogP contribution in [0.5, 0.6) is 0 Å². The summed E-state index contributed by atoms with van der Waals surface area (Å²) in [5.41, 5.74) is 1.96. The molecule has 3 rings (SSSR count). The summed E-state index contributed by atoms with van der Waals surface area (Å²) in [6.45, 7) is 2.26. The predicted molar refractivity (Wildman–Crippen MR) is 101 cm³/mol. The third kappa shape index (κ3) is 4.79. The molecule has 0 atom stereocenters. The lowest BCUT2D eigenvalue weighted by Gasteiger charge is -2.06. The van der Waals surface area contributed by atoms with E-state index in [2.05, 4.69) is 15.6 Å². The van der Waals surface area contributed by atoms with Gasteiger partial charge in [0.2, 0.25) is 5.91 Å². The highest BCUT2D eigenvalue weighted by Gasteiger charge is 2.11. The molecule has 1 heterocycles. The third-order valence-corrected chi connectivity index (χ3v) is 3.97. The molecule has 0 unspecified atom stereocenters. The highest BCUT2D eigenvalue weighted by molar-refractivity contribution is 6.02. The summed E-state index contributed by atoms with van der Waals surface area (Å²) < 4.78 is 27.9. The molecule has 2 aromatic carbocycles. The Morgan fingerprint density at radius 2 is 1.71 bits per heavy atom. The lowest BCUT2D eigenvalue weighted by atomic mass is 10.2. The quantitative estimate of drug-likeness (QED) is 0.679. The Bertz CT molecular complexity index is 1000. The van der Waals surface area contributed by atoms with Crippen molar-refractivity contribution < 1.29 is 18.4 Å². The molecule has 6 nitrogen and oxygen atoms in total. The maximum Gasteiger partial charge on any atom is 0.275 e. The minimum atomic E-state index is -1.04. The highest BCUT2D eigenvalue weighted by atomic mass is 19.2. The van der Waals surface area contributed by atoms with Crippen molar-refractivity contribution in [3.63, 3.8) is 0 Å². The number of amides is 2. The van der Waals surface area contributed by atoms with Gasteiger partial charge in [0.1, 0.15) is 5.69 Å². The van der Waals surface area contributed by atoms with Crippen molar-refractivity contribution in [2.45, 2.75) is 19.9 Å². The van der Waals surface area contributed by atoms with Crippen LogP contribution in [0, 0.1) is 11.6 Å². The molecule has 2 amide bonds. The van der Waals surface area contributed by atoms with Crippen LogP contribution in [0.1, 0.15) is 29.4 Å². The van der Waals surface area contributed by atoms with Crippen molar-refractivity contribution >= 4 is 23.2 Å². The van der Waals surface area contributed by atoms with Gasteiger partial charge in [0.05, 0.1) is 6.33 Å². The Morgan fingerprint density at radius 1 is 1.00 bits per heavy atom. The lowest BCUT2D eigenvalue weighted by molar-refractivity contribution is -0.115. The second-order valence-electron chi connectivity index (χ2n) is 6.11. The first kappa shape index (κ1) is 19.2. The van der Waals surface area contributed by atoms with Gasteiger partial charge in [-0.2, -0.15) is 0 Å². The van der Waals surface area contributed by atoms with E-state index in [1.807, 2.05) is 12.1 Å². The average molecular weight is 384 g/mol. The van der Waals surface area contributed by atoms with E-state index in [0.717, 1.165) is 17.7 Å². The molecule has 0 bridgehead atoms. The number of carbonyl (C=O) groups is 2. The van der Waals surface area contributed by atoms with Crippen LogP contribution in [0.2, 0.25) is 0 Å². The number of nitrogens with one attached hydrogen (secondary N) is 2. The molecule has 0 saturated carbocycles. The summed E-state index contributed by atoms with van der Waals surface area (Å²) in [4.78, 5) is 27.6. The van der Waals surface area contributed by atoms with Gasteiger partial charge in [0.15, 0.2) is 11.6 Å². The number of anilines is 2. The molecule has 0 aliphatic heterocycles. The summed E-state index contributed by atoms with van der Waals surface area (Å²) in [5, 5.41) is 5.24. The van der Waals surface area contributed by atoms with E-state index in [9.17, 15) is 18.4 Å². The fraction of sp³-hybridized carbons (Fsp3) is 0.150. The second-order valence-corrected chi connectivity index (χ2v) is 6.11. The summed E-state index contributed by atoms with van der Waals surface area (Å²) in [7, 11) is 0. The Hall–Kier alpha value is -3.55. The number of hydrogen-bond donors (Lipinski definition) is 2. The van der Waals surface area contributed by atoms with Gasteiger partial charge in [-0.05, 0) is 29.8 Å². The Balaban J connectivity index is 1.62. The molecule has 0 aliphatic carbocycles. The normalized spacial score (nSPS) is 10.5. The van der Waals surface area contributed by atoms with Gasteiger partial charge >= 0.3 is 0 Å². The molecule has 8 heteroatoms. The van der Waals surface area contributed by atoms with Gasteiger partial charge in [0, 0.05) is 36.6 Å². The predicted octanol–water partition coefficient (Wildman–Crippen LogP) is 3.81. The van der Waals surface area contributed by atoms with E-state index >= 15 is 0 Å². The molecule has 0 fully saturated rings. The van der Waals surface area contributed by atoms with E-state index in [-0.39, 0.29) is 17.3 Å². The monoisotopic (exact) mass is 384 g/mol. The summed E-state index contributed by atoms with van der Waals surface area (Å²) in [6, 6.07) is 10.5. The maximum absolute atomic E-state index is 13.2. The van der Waals surface area contributed by atoms with Crippen molar-refractivity contribution in [1.29, 1.82) is 0 Å². The number of halogens is 2. The number of carbonyl (C=O) groups excluding carboxylic acids is 2. The van der Waals surface area contributed by atoms with Gasteiger partial charge < -0.3 is 15.2 Å². The van der Waals surface area contributed by atoms with E-state index in [0.29, 0.717) is 18.7 Å². The Labute approximate surface area is 160 Å². The van der Waals surface area contributed by atoms with E-state index in [1.165, 1.54) is 12.4 Å². The van der Waals surface area contributed by atoms with Crippen molar-refractivity contribution in [1.82, 2.24) is 9.55 Å². The Kier molecular flexibility index (Phi) is 5.78. The molecule has 3 aromatic rings. The van der Waals surface area contributed by atoms with Gasteiger partial charge in [-0.3, -0.25) is 9.59 Å². The molecule has 28 heavy (non-hydrogen) atoms. The fourth-order valence-corrected chi connectivity index (χ4v) is 2.49. The number of aromatic nitrogens is 2. The molecule has 0 spiro atoms. The van der Waals surface area contributed by atoms with Crippen LogP contribution >= 0.6 is 0 Å². The number of benzene rings is 2. The van der Waals surface area contributed by atoms with Crippen LogP contribution in [-0.4, -0.2) is 21.4 Å². The lowest BCUT2D eigenvalue weighted by Crippen LogP contribution is -2.12. The van der Waals surface area contributed by atoms with Crippen LogP contribution in [-0.2, 0) is 11.3 Å². The first-order valence-electron chi connectivity index (χ1n) is 8.61. The SMILES string of the molecule is CCC(=O)Nc1ccc(Cn2cnc(C(=O)Nc3ccc(F)c(F)c3)c2)cc1.